The van der Waals surface area contributed by atoms with E-state index in [2.05, 4.69) is 50.0 Å². The second-order valence-corrected chi connectivity index (χ2v) is 6.09. The Hall–Kier alpha value is -3.07. The predicted octanol–water partition coefficient (Wildman–Crippen LogP) is 2.54. The largest absolute Gasteiger partial charge is 0.369 e. The summed E-state index contributed by atoms with van der Waals surface area (Å²) in [5.41, 5.74) is 2.75. The van der Waals surface area contributed by atoms with Crippen molar-refractivity contribution in [2.24, 2.45) is 0 Å². The summed E-state index contributed by atoms with van der Waals surface area (Å²) >= 11 is 0. The van der Waals surface area contributed by atoms with Gasteiger partial charge in [-0.25, -0.2) is 9.97 Å². The maximum absolute atomic E-state index is 8.89. The molecule has 1 aliphatic rings. The molecular weight excluding hydrogens is 300 g/mol. The zero-order valence-electron chi connectivity index (χ0n) is 13.5. The van der Waals surface area contributed by atoms with Crippen molar-refractivity contribution in [3.05, 3.63) is 48.4 Å². The third kappa shape index (κ3) is 2.44. The van der Waals surface area contributed by atoms with Crippen LogP contribution in [0.4, 0.5) is 11.5 Å². The van der Waals surface area contributed by atoms with Gasteiger partial charge in [-0.2, -0.15) is 5.26 Å². The Kier molecular flexibility index (Phi) is 3.54. The van der Waals surface area contributed by atoms with Gasteiger partial charge in [0.25, 0.3) is 0 Å². The summed E-state index contributed by atoms with van der Waals surface area (Å²) in [7, 11) is 2.07. The average molecular weight is 318 g/mol. The lowest BCUT2D eigenvalue weighted by atomic mass is 10.2. The van der Waals surface area contributed by atoms with Crippen molar-refractivity contribution in [3.8, 4) is 6.07 Å². The molecule has 0 spiro atoms. The highest BCUT2D eigenvalue weighted by Crippen LogP contribution is 2.29. The SMILES string of the molecule is CN(c1ccc(C#N)cn1)[C@@H]1CCN(c2ccnc3[nH]ccc23)C1. The number of aromatic amines is 1. The molecule has 0 unspecified atom stereocenters. The molecule has 1 N–H and O–H groups in total. The molecule has 0 bridgehead atoms. The summed E-state index contributed by atoms with van der Waals surface area (Å²) in [6, 6.07) is 10.4. The number of anilines is 2. The van der Waals surface area contributed by atoms with Crippen LogP contribution in [-0.4, -0.2) is 41.1 Å². The molecule has 3 aromatic heterocycles. The summed E-state index contributed by atoms with van der Waals surface area (Å²) in [5, 5.41) is 10.1. The van der Waals surface area contributed by atoms with E-state index in [9.17, 15) is 0 Å². The highest BCUT2D eigenvalue weighted by atomic mass is 15.3. The first-order valence-electron chi connectivity index (χ1n) is 8.02. The number of likely N-dealkylation sites (N-methyl/N-ethyl adjacent to an activating group) is 1. The molecule has 4 rings (SSSR count). The molecule has 1 fully saturated rings. The third-order valence-corrected chi connectivity index (χ3v) is 4.73. The smallest absolute Gasteiger partial charge is 0.139 e. The van der Waals surface area contributed by atoms with Crippen LogP contribution in [0.15, 0.2) is 42.9 Å². The molecule has 6 nitrogen and oxygen atoms in total. The molecule has 0 radical (unpaired) electrons. The Labute approximate surface area is 140 Å². The van der Waals surface area contributed by atoms with E-state index in [1.165, 1.54) is 5.69 Å². The number of hydrogen-bond donors (Lipinski definition) is 1. The average Bonchev–Trinajstić information content (AvgIpc) is 3.30. The molecule has 3 aromatic rings. The lowest BCUT2D eigenvalue weighted by Crippen LogP contribution is -2.35. The Morgan fingerprint density at radius 2 is 2.21 bits per heavy atom. The number of rotatable bonds is 3. The van der Waals surface area contributed by atoms with Gasteiger partial charge in [-0.3, -0.25) is 0 Å². The molecule has 0 amide bonds. The summed E-state index contributed by atoms with van der Waals surface area (Å²) in [6.45, 7) is 1.96. The van der Waals surface area contributed by atoms with E-state index in [4.69, 9.17) is 5.26 Å². The molecule has 0 aromatic carbocycles. The van der Waals surface area contributed by atoms with Gasteiger partial charge in [0.1, 0.15) is 17.5 Å². The van der Waals surface area contributed by atoms with E-state index in [1.807, 2.05) is 24.5 Å². The van der Waals surface area contributed by atoms with Crippen LogP contribution in [-0.2, 0) is 0 Å². The van der Waals surface area contributed by atoms with Gasteiger partial charge in [0, 0.05) is 55.8 Å². The number of H-pyrrole nitrogens is 1. The molecule has 1 atom stereocenters. The molecule has 0 aliphatic carbocycles. The first-order chi connectivity index (χ1) is 11.8. The van der Waals surface area contributed by atoms with Gasteiger partial charge in [0.2, 0.25) is 0 Å². The van der Waals surface area contributed by atoms with E-state index in [0.717, 1.165) is 36.4 Å². The summed E-state index contributed by atoms with van der Waals surface area (Å²) < 4.78 is 0. The molecule has 24 heavy (non-hydrogen) atoms. The van der Waals surface area contributed by atoms with Gasteiger partial charge in [0.05, 0.1) is 5.56 Å². The number of nitrogens with one attached hydrogen (secondary N) is 1. The number of nitriles is 1. The van der Waals surface area contributed by atoms with Gasteiger partial charge in [0.15, 0.2) is 0 Å². The summed E-state index contributed by atoms with van der Waals surface area (Å²) in [6.07, 6.45) is 6.49. The zero-order valence-corrected chi connectivity index (χ0v) is 13.5. The van der Waals surface area contributed by atoms with Gasteiger partial charge >= 0.3 is 0 Å². The Bertz CT molecular complexity index is 892. The quantitative estimate of drug-likeness (QED) is 0.803. The van der Waals surface area contributed by atoms with Crippen LogP contribution >= 0.6 is 0 Å². The van der Waals surface area contributed by atoms with Crippen molar-refractivity contribution in [1.29, 1.82) is 5.26 Å². The molecule has 120 valence electrons. The number of hydrogen-bond acceptors (Lipinski definition) is 5. The van der Waals surface area contributed by atoms with E-state index in [1.54, 1.807) is 6.20 Å². The molecule has 1 saturated heterocycles. The second-order valence-electron chi connectivity index (χ2n) is 6.09. The molecule has 4 heterocycles. The lowest BCUT2D eigenvalue weighted by molar-refractivity contribution is 0.684. The van der Waals surface area contributed by atoms with E-state index in [-0.39, 0.29) is 0 Å². The number of fused-ring (bicyclic) bond motifs is 1. The fraction of sp³-hybridized carbons (Fsp3) is 0.278. The first-order valence-corrected chi connectivity index (χ1v) is 8.02. The molecule has 0 saturated carbocycles. The van der Waals surface area contributed by atoms with Crippen LogP contribution in [0.25, 0.3) is 11.0 Å². The second kappa shape index (κ2) is 5.85. The number of nitrogens with zero attached hydrogens (tertiary/aromatic N) is 5. The minimum absolute atomic E-state index is 0.396. The molecule has 6 heteroatoms. The number of aromatic nitrogens is 3. The third-order valence-electron chi connectivity index (χ3n) is 4.73. The first kappa shape index (κ1) is 14.5. The lowest BCUT2D eigenvalue weighted by Gasteiger charge is -2.26. The van der Waals surface area contributed by atoms with Gasteiger partial charge in [-0.05, 0) is 30.7 Å². The van der Waals surface area contributed by atoms with Crippen LogP contribution < -0.4 is 9.80 Å². The minimum Gasteiger partial charge on any atom is -0.369 e. The van der Waals surface area contributed by atoms with Crippen LogP contribution in [0, 0.1) is 11.3 Å². The molecular formula is C18H18N6. The van der Waals surface area contributed by atoms with Crippen LogP contribution in [0.2, 0.25) is 0 Å². The van der Waals surface area contributed by atoms with Crippen molar-refractivity contribution in [1.82, 2.24) is 15.0 Å². The zero-order chi connectivity index (χ0) is 16.5. The molecule has 1 aliphatic heterocycles. The highest BCUT2D eigenvalue weighted by Gasteiger charge is 2.27. The van der Waals surface area contributed by atoms with Crippen LogP contribution in [0.1, 0.15) is 12.0 Å². The fourth-order valence-corrected chi connectivity index (χ4v) is 3.35. The maximum atomic E-state index is 8.89. The van der Waals surface area contributed by atoms with Crippen molar-refractivity contribution in [2.45, 2.75) is 12.5 Å². The monoisotopic (exact) mass is 318 g/mol. The van der Waals surface area contributed by atoms with Gasteiger partial charge < -0.3 is 14.8 Å². The van der Waals surface area contributed by atoms with Crippen LogP contribution in [0.3, 0.4) is 0 Å². The Balaban J connectivity index is 1.53. The van der Waals surface area contributed by atoms with E-state index >= 15 is 0 Å². The van der Waals surface area contributed by atoms with Crippen molar-refractivity contribution >= 4 is 22.5 Å². The fourth-order valence-electron chi connectivity index (χ4n) is 3.35. The van der Waals surface area contributed by atoms with E-state index in [0.29, 0.717) is 11.6 Å². The van der Waals surface area contributed by atoms with Gasteiger partial charge in [-0.15, -0.1) is 0 Å². The highest BCUT2D eigenvalue weighted by molar-refractivity contribution is 5.89. The minimum atomic E-state index is 0.396. The van der Waals surface area contributed by atoms with Crippen molar-refractivity contribution < 1.29 is 0 Å². The Morgan fingerprint density at radius 3 is 3.00 bits per heavy atom. The topological polar surface area (TPSA) is 71.8 Å². The standard InChI is InChI=1S/C18H18N6/c1-23(17-3-2-13(10-19)11-22-17)14-6-9-24(12-14)16-5-8-21-18-15(16)4-7-20-18/h2-5,7-8,11,14H,6,9,12H2,1H3,(H,20,21)/t14-/m1/s1. The maximum Gasteiger partial charge on any atom is 0.139 e. The van der Waals surface area contributed by atoms with Crippen molar-refractivity contribution in [3.63, 3.8) is 0 Å². The van der Waals surface area contributed by atoms with E-state index < -0.39 is 0 Å². The summed E-state index contributed by atoms with van der Waals surface area (Å²) in [5.74, 6) is 0.905. The number of pyridine rings is 2. The van der Waals surface area contributed by atoms with Gasteiger partial charge in [-0.1, -0.05) is 0 Å². The summed E-state index contributed by atoms with van der Waals surface area (Å²) in [4.78, 5) is 16.5. The normalized spacial score (nSPS) is 17.2. The predicted molar refractivity (Wildman–Crippen MR) is 94.1 cm³/mol. The van der Waals surface area contributed by atoms with Crippen molar-refractivity contribution in [2.75, 3.05) is 29.9 Å². The van der Waals surface area contributed by atoms with Crippen LogP contribution in [0.5, 0.6) is 0 Å². The Morgan fingerprint density at radius 1 is 1.29 bits per heavy atom.